The van der Waals surface area contributed by atoms with Crippen LogP contribution in [0.2, 0.25) is 0 Å². The number of ketones is 3. The zero-order chi connectivity index (χ0) is 16.0. The van der Waals surface area contributed by atoms with Crippen molar-refractivity contribution in [2.45, 2.75) is 27.2 Å². The molecular weight excluding hydrogens is 276 g/mol. The molecule has 0 amide bonds. The van der Waals surface area contributed by atoms with E-state index in [1.165, 1.54) is 20.8 Å². The van der Waals surface area contributed by atoms with E-state index < -0.39 is 0 Å². The van der Waals surface area contributed by atoms with Crippen LogP contribution in [0.3, 0.4) is 0 Å². The molecule has 0 heterocycles. The van der Waals surface area contributed by atoms with Gasteiger partial charge >= 0.3 is 0 Å². The van der Waals surface area contributed by atoms with Crippen LogP contribution in [0.25, 0.3) is 11.1 Å². The van der Waals surface area contributed by atoms with Gasteiger partial charge in [-0.25, -0.2) is 0 Å². The molecule has 2 aromatic carbocycles. The molecule has 0 fully saturated rings. The molecule has 0 bridgehead atoms. The van der Waals surface area contributed by atoms with Crippen LogP contribution < -0.4 is 0 Å². The number of hydrogen-bond acceptors (Lipinski definition) is 3. The van der Waals surface area contributed by atoms with Crippen LogP contribution in [0.5, 0.6) is 0 Å². The molecule has 0 unspecified atom stereocenters. The lowest BCUT2D eigenvalue weighted by Crippen LogP contribution is -2.14. The molecule has 0 spiro atoms. The summed E-state index contributed by atoms with van der Waals surface area (Å²) < 4.78 is 0. The van der Waals surface area contributed by atoms with Gasteiger partial charge in [0.1, 0.15) is 0 Å². The van der Waals surface area contributed by atoms with Crippen molar-refractivity contribution in [1.82, 2.24) is 0 Å². The van der Waals surface area contributed by atoms with Crippen LogP contribution in [0.15, 0.2) is 30.3 Å². The summed E-state index contributed by atoms with van der Waals surface area (Å²) in [6, 6.07) is 9.67. The van der Waals surface area contributed by atoms with Crippen LogP contribution >= 0.6 is 0 Å². The Morgan fingerprint density at radius 3 is 2.05 bits per heavy atom. The maximum absolute atomic E-state index is 12.2. The van der Waals surface area contributed by atoms with Gasteiger partial charge in [0, 0.05) is 16.7 Å². The second-order valence-corrected chi connectivity index (χ2v) is 5.70. The predicted octanol–water partition coefficient (Wildman–Crippen LogP) is 3.87. The molecule has 0 aromatic heterocycles. The smallest absolute Gasteiger partial charge is 0.161 e. The van der Waals surface area contributed by atoms with Crippen molar-refractivity contribution < 1.29 is 14.4 Å². The Bertz CT molecular complexity index is 844. The van der Waals surface area contributed by atoms with Gasteiger partial charge < -0.3 is 0 Å². The van der Waals surface area contributed by atoms with E-state index in [0.29, 0.717) is 17.5 Å². The first-order valence-electron chi connectivity index (χ1n) is 7.22. The number of hydrogen-bond donors (Lipinski definition) is 0. The quantitative estimate of drug-likeness (QED) is 0.689. The van der Waals surface area contributed by atoms with Gasteiger partial charge in [-0.05, 0) is 55.5 Å². The van der Waals surface area contributed by atoms with Gasteiger partial charge in [-0.2, -0.15) is 0 Å². The van der Waals surface area contributed by atoms with Gasteiger partial charge in [-0.1, -0.05) is 24.3 Å². The second-order valence-electron chi connectivity index (χ2n) is 5.70. The van der Waals surface area contributed by atoms with E-state index in [2.05, 4.69) is 0 Å². The third-order valence-electron chi connectivity index (χ3n) is 4.19. The third-order valence-corrected chi connectivity index (χ3v) is 4.19. The summed E-state index contributed by atoms with van der Waals surface area (Å²) in [4.78, 5) is 36.3. The summed E-state index contributed by atoms with van der Waals surface area (Å²) >= 11 is 0. The minimum absolute atomic E-state index is 0.169. The second kappa shape index (κ2) is 5.02. The van der Waals surface area contributed by atoms with E-state index in [-0.39, 0.29) is 22.9 Å². The highest BCUT2D eigenvalue weighted by atomic mass is 16.1. The number of fused-ring (bicyclic) bond motifs is 3. The fraction of sp³-hybridized carbons (Fsp3) is 0.211. The summed E-state index contributed by atoms with van der Waals surface area (Å²) in [5.41, 5.74) is 4.94. The lowest BCUT2D eigenvalue weighted by Gasteiger charge is -2.14. The summed E-state index contributed by atoms with van der Waals surface area (Å²) in [5.74, 6) is -0.605. The topological polar surface area (TPSA) is 51.2 Å². The molecular formula is C19H16O3. The van der Waals surface area contributed by atoms with E-state index in [9.17, 15) is 14.4 Å². The average molecular weight is 292 g/mol. The number of benzene rings is 2. The number of rotatable bonds is 3. The first-order valence-corrected chi connectivity index (χ1v) is 7.22. The molecule has 0 aliphatic heterocycles. The van der Waals surface area contributed by atoms with Gasteiger partial charge in [0.2, 0.25) is 0 Å². The van der Waals surface area contributed by atoms with Crippen molar-refractivity contribution in [3.8, 4) is 11.1 Å². The normalized spacial score (nSPS) is 11.8. The Morgan fingerprint density at radius 2 is 1.45 bits per heavy atom. The summed E-state index contributed by atoms with van der Waals surface area (Å²) in [5, 5.41) is 0. The largest absolute Gasteiger partial charge is 0.294 e. The Balaban J connectivity index is 2.44. The van der Waals surface area contributed by atoms with Gasteiger partial charge in [0.15, 0.2) is 17.3 Å². The number of carbonyl (C=O) groups excluding carboxylic acids is 3. The maximum Gasteiger partial charge on any atom is 0.161 e. The fourth-order valence-electron chi connectivity index (χ4n) is 3.31. The van der Waals surface area contributed by atoms with Crippen molar-refractivity contribution in [2.75, 3.05) is 0 Å². The summed E-state index contributed by atoms with van der Waals surface area (Å²) in [6.07, 6.45) is 0.624. The van der Waals surface area contributed by atoms with E-state index >= 15 is 0 Å². The zero-order valence-electron chi connectivity index (χ0n) is 12.8. The fourth-order valence-corrected chi connectivity index (χ4v) is 3.31. The molecule has 0 radical (unpaired) electrons. The maximum atomic E-state index is 12.2. The van der Waals surface area contributed by atoms with Gasteiger partial charge in [-0.15, -0.1) is 0 Å². The van der Waals surface area contributed by atoms with Gasteiger partial charge in [-0.3, -0.25) is 14.4 Å². The highest BCUT2D eigenvalue weighted by molar-refractivity contribution is 6.16. The third kappa shape index (κ3) is 2.01. The molecule has 0 saturated carbocycles. The highest BCUT2D eigenvalue weighted by Crippen LogP contribution is 2.41. The molecule has 3 heteroatoms. The molecule has 110 valence electrons. The molecule has 0 saturated heterocycles. The van der Waals surface area contributed by atoms with Crippen LogP contribution in [0, 0.1) is 0 Å². The van der Waals surface area contributed by atoms with Crippen molar-refractivity contribution in [2.24, 2.45) is 0 Å². The first kappa shape index (κ1) is 14.4. The van der Waals surface area contributed by atoms with Crippen LogP contribution in [-0.2, 0) is 6.42 Å². The standard InChI is InChI=1S/C19H16O3/c1-10(20)15-9-16-14-7-5-4-6-13(14)8-17(16)19(12(3)22)18(15)11(2)21/h4-7,9H,8H2,1-3H3. The van der Waals surface area contributed by atoms with Crippen molar-refractivity contribution in [3.05, 3.63) is 58.1 Å². The lowest BCUT2D eigenvalue weighted by atomic mass is 9.87. The Hall–Kier alpha value is -2.55. The first-order chi connectivity index (χ1) is 10.4. The van der Waals surface area contributed by atoms with E-state index in [4.69, 9.17) is 0 Å². The van der Waals surface area contributed by atoms with Crippen molar-refractivity contribution in [3.63, 3.8) is 0 Å². The van der Waals surface area contributed by atoms with E-state index in [1.807, 2.05) is 24.3 Å². The number of carbonyl (C=O) groups is 3. The van der Waals surface area contributed by atoms with Gasteiger partial charge in [0.25, 0.3) is 0 Å². The number of Topliss-reactive ketones (excluding diaryl/α,β-unsaturated/α-hetero) is 3. The van der Waals surface area contributed by atoms with E-state index in [1.54, 1.807) is 6.07 Å². The minimum Gasteiger partial charge on any atom is -0.294 e. The molecule has 0 N–H and O–H groups in total. The van der Waals surface area contributed by atoms with Crippen molar-refractivity contribution >= 4 is 17.3 Å². The van der Waals surface area contributed by atoms with Crippen molar-refractivity contribution in [1.29, 1.82) is 0 Å². The molecule has 3 nitrogen and oxygen atoms in total. The van der Waals surface area contributed by atoms with Gasteiger partial charge in [0.05, 0.1) is 0 Å². The lowest BCUT2D eigenvalue weighted by molar-refractivity contribution is 0.0967. The molecule has 1 aliphatic carbocycles. The van der Waals surface area contributed by atoms with Crippen LogP contribution in [0.4, 0.5) is 0 Å². The molecule has 22 heavy (non-hydrogen) atoms. The van der Waals surface area contributed by atoms with Crippen LogP contribution in [-0.4, -0.2) is 17.3 Å². The summed E-state index contributed by atoms with van der Waals surface area (Å²) in [7, 11) is 0. The Labute approximate surface area is 129 Å². The predicted molar refractivity (Wildman–Crippen MR) is 84.7 cm³/mol. The molecule has 2 aromatic rings. The van der Waals surface area contributed by atoms with Crippen LogP contribution in [0.1, 0.15) is 63.0 Å². The molecule has 0 atom stereocenters. The van der Waals surface area contributed by atoms with E-state index in [0.717, 1.165) is 22.3 Å². The molecule has 1 aliphatic rings. The Kier molecular flexibility index (Phi) is 3.28. The monoisotopic (exact) mass is 292 g/mol. The highest BCUT2D eigenvalue weighted by Gasteiger charge is 2.29. The average Bonchev–Trinajstić information content (AvgIpc) is 2.82. The minimum atomic E-state index is -0.242. The SMILES string of the molecule is CC(=O)c1cc2c(c(C(C)=O)c1C(C)=O)Cc1ccccc1-2. The molecule has 3 rings (SSSR count). The zero-order valence-corrected chi connectivity index (χ0v) is 12.8. The summed E-state index contributed by atoms with van der Waals surface area (Å²) in [6.45, 7) is 4.29. The Morgan fingerprint density at radius 1 is 0.818 bits per heavy atom.